The van der Waals surface area contributed by atoms with Gasteiger partial charge in [-0.2, -0.15) is 5.10 Å². The maximum atomic E-state index is 6.40. The maximum Gasteiger partial charge on any atom is 0.170 e. The Balaban J connectivity index is 1.49. The Morgan fingerprint density at radius 2 is 2.03 bits per heavy atom. The van der Waals surface area contributed by atoms with Gasteiger partial charge in [0.15, 0.2) is 5.84 Å². The van der Waals surface area contributed by atoms with Crippen molar-refractivity contribution in [3.8, 4) is 0 Å². The average molecular weight is 451 g/mol. The van der Waals surface area contributed by atoms with Crippen molar-refractivity contribution < 1.29 is 0 Å². The lowest BCUT2D eigenvalue weighted by atomic mass is 9.95. The molecule has 1 aromatic rings. The van der Waals surface area contributed by atoms with Gasteiger partial charge in [-0.25, -0.2) is 0 Å². The largest absolute Gasteiger partial charge is 0.396 e. The smallest absolute Gasteiger partial charge is 0.170 e. The fourth-order valence-electron chi connectivity index (χ4n) is 4.02. The number of hydrogen-bond donors (Lipinski definition) is 6. The minimum absolute atomic E-state index is 0.103. The first-order valence-corrected chi connectivity index (χ1v) is 11.0. The molecule has 1 aromatic carbocycles. The lowest BCUT2D eigenvalue weighted by Gasteiger charge is -2.32. The molecule has 0 aliphatic carbocycles. The van der Waals surface area contributed by atoms with E-state index in [0.717, 1.165) is 50.3 Å². The topological polar surface area (TPSA) is 116 Å². The quantitative estimate of drug-likeness (QED) is 0.399. The standard InChI is InChI=1S/C20H28Cl2N8/c21-14-1-2-15(22)13(9-14)11-30-8-7-26-18(24)17(30)10-16(23)20-27-19(28-29-20)12-3-5-25-6-4-12/h1-2,9-10,12,19,25-26,28H,3-8,11,23-24H2,(H,27,29)/b16-10-. The Morgan fingerprint density at radius 3 is 2.83 bits per heavy atom. The highest BCUT2D eigenvalue weighted by atomic mass is 35.5. The third kappa shape index (κ3) is 4.71. The van der Waals surface area contributed by atoms with Crippen molar-refractivity contribution in [2.24, 2.45) is 22.5 Å². The molecule has 0 aromatic heterocycles. The van der Waals surface area contributed by atoms with Gasteiger partial charge in [-0.3, -0.25) is 5.43 Å². The summed E-state index contributed by atoms with van der Waals surface area (Å²) in [4.78, 5) is 2.14. The van der Waals surface area contributed by atoms with Crippen molar-refractivity contribution in [2.45, 2.75) is 25.6 Å². The van der Waals surface area contributed by atoms with Crippen LogP contribution in [0.1, 0.15) is 18.4 Å². The van der Waals surface area contributed by atoms with Crippen LogP contribution in [0.5, 0.6) is 0 Å². The predicted molar refractivity (Wildman–Crippen MR) is 121 cm³/mol. The van der Waals surface area contributed by atoms with Crippen molar-refractivity contribution in [3.05, 3.63) is 57.1 Å². The summed E-state index contributed by atoms with van der Waals surface area (Å²) in [6.07, 6.45) is 4.17. The molecule has 8 N–H and O–H groups in total. The predicted octanol–water partition coefficient (Wildman–Crippen LogP) is 1.20. The van der Waals surface area contributed by atoms with E-state index in [1.54, 1.807) is 6.07 Å². The zero-order chi connectivity index (χ0) is 21.1. The first kappa shape index (κ1) is 21.0. The summed E-state index contributed by atoms with van der Waals surface area (Å²) in [5.41, 5.74) is 18.1. The average Bonchev–Trinajstić information content (AvgIpc) is 3.24. The maximum absolute atomic E-state index is 6.40. The second-order valence-electron chi connectivity index (χ2n) is 7.78. The molecule has 0 bridgehead atoms. The lowest BCUT2D eigenvalue weighted by Crippen LogP contribution is -2.46. The fraction of sp³-hybridized carbons (Fsp3) is 0.450. The number of amidine groups is 1. The fourth-order valence-corrected chi connectivity index (χ4v) is 4.39. The van der Waals surface area contributed by atoms with Gasteiger partial charge in [0.1, 0.15) is 12.0 Å². The molecule has 30 heavy (non-hydrogen) atoms. The van der Waals surface area contributed by atoms with Crippen molar-refractivity contribution in [1.82, 2.24) is 26.3 Å². The summed E-state index contributed by atoms with van der Waals surface area (Å²) < 4.78 is 0. The SMILES string of the molecule is NC1=C(/C=C(\N)C2=NNC(C3CCNCC3)N2)N(Cc2cc(Cl)ccc2Cl)CCN1. The highest BCUT2D eigenvalue weighted by molar-refractivity contribution is 6.33. The van der Waals surface area contributed by atoms with Gasteiger partial charge >= 0.3 is 0 Å². The molecule has 0 amide bonds. The van der Waals surface area contributed by atoms with Gasteiger partial charge in [-0.1, -0.05) is 23.2 Å². The molecule has 1 fully saturated rings. The molecule has 0 spiro atoms. The molecule has 3 aliphatic rings. The Kier molecular flexibility index (Phi) is 6.46. The molecule has 162 valence electrons. The summed E-state index contributed by atoms with van der Waals surface area (Å²) in [6.45, 7) is 4.14. The molecule has 8 nitrogen and oxygen atoms in total. The molecule has 3 aliphatic heterocycles. The first-order chi connectivity index (χ1) is 14.5. The number of benzene rings is 1. The minimum atomic E-state index is 0.103. The Hall–Kier alpha value is -2.29. The van der Waals surface area contributed by atoms with Gasteiger partial charge in [0, 0.05) is 35.6 Å². The van der Waals surface area contributed by atoms with Gasteiger partial charge in [0.2, 0.25) is 0 Å². The second kappa shape index (κ2) is 9.24. The zero-order valence-electron chi connectivity index (χ0n) is 16.7. The monoisotopic (exact) mass is 450 g/mol. The van der Waals surface area contributed by atoms with Crippen molar-refractivity contribution in [3.63, 3.8) is 0 Å². The van der Waals surface area contributed by atoms with Gasteiger partial charge in [0.25, 0.3) is 0 Å². The van der Waals surface area contributed by atoms with Crippen LogP contribution in [-0.4, -0.2) is 43.1 Å². The van der Waals surface area contributed by atoms with E-state index in [-0.39, 0.29) is 6.17 Å². The van der Waals surface area contributed by atoms with E-state index >= 15 is 0 Å². The number of nitrogens with one attached hydrogen (secondary N) is 4. The van der Waals surface area contributed by atoms with E-state index < -0.39 is 0 Å². The number of halogens is 2. The molecule has 10 heteroatoms. The molecule has 1 unspecified atom stereocenters. The summed E-state index contributed by atoms with van der Waals surface area (Å²) in [5, 5.41) is 15.8. The summed E-state index contributed by atoms with van der Waals surface area (Å²) in [5.74, 6) is 1.73. The van der Waals surface area contributed by atoms with E-state index in [2.05, 4.69) is 31.4 Å². The molecule has 1 saturated heterocycles. The Morgan fingerprint density at radius 1 is 1.23 bits per heavy atom. The van der Waals surface area contributed by atoms with Gasteiger partial charge < -0.3 is 32.3 Å². The molecular formula is C20H28Cl2N8. The summed E-state index contributed by atoms with van der Waals surface area (Å²) in [6, 6.07) is 5.47. The third-order valence-electron chi connectivity index (χ3n) is 5.71. The van der Waals surface area contributed by atoms with E-state index in [1.807, 2.05) is 18.2 Å². The number of nitrogens with two attached hydrogens (primary N) is 2. The Labute approximate surface area is 186 Å². The molecule has 1 atom stereocenters. The molecule has 3 heterocycles. The van der Waals surface area contributed by atoms with E-state index in [9.17, 15) is 0 Å². The second-order valence-corrected chi connectivity index (χ2v) is 8.63. The Bertz CT molecular complexity index is 876. The van der Waals surface area contributed by atoms with Gasteiger partial charge in [0.05, 0.1) is 11.4 Å². The first-order valence-electron chi connectivity index (χ1n) is 10.2. The molecule has 0 radical (unpaired) electrons. The van der Waals surface area contributed by atoms with E-state index in [1.165, 1.54) is 0 Å². The van der Waals surface area contributed by atoms with Crippen LogP contribution >= 0.6 is 23.2 Å². The number of piperidine rings is 1. The minimum Gasteiger partial charge on any atom is -0.396 e. The molecular weight excluding hydrogens is 423 g/mol. The molecule has 0 saturated carbocycles. The number of allylic oxidation sites excluding steroid dienone is 1. The van der Waals surface area contributed by atoms with Crippen LogP contribution in [0.3, 0.4) is 0 Å². The van der Waals surface area contributed by atoms with Crippen molar-refractivity contribution in [1.29, 1.82) is 0 Å². The van der Waals surface area contributed by atoms with Crippen LogP contribution in [0.15, 0.2) is 46.6 Å². The lowest BCUT2D eigenvalue weighted by molar-refractivity contribution is 0.281. The zero-order valence-corrected chi connectivity index (χ0v) is 18.2. The van der Waals surface area contributed by atoms with Crippen molar-refractivity contribution >= 4 is 29.0 Å². The van der Waals surface area contributed by atoms with Crippen LogP contribution in [0.25, 0.3) is 0 Å². The van der Waals surface area contributed by atoms with Crippen LogP contribution in [0.2, 0.25) is 10.0 Å². The van der Waals surface area contributed by atoms with Crippen molar-refractivity contribution in [2.75, 3.05) is 26.2 Å². The van der Waals surface area contributed by atoms with Gasteiger partial charge in [-0.05, 0) is 55.8 Å². The normalized spacial score (nSPS) is 23.0. The summed E-state index contributed by atoms with van der Waals surface area (Å²) in [7, 11) is 0. The molecule has 4 rings (SSSR count). The highest BCUT2D eigenvalue weighted by Gasteiger charge is 2.28. The van der Waals surface area contributed by atoms with Crippen LogP contribution in [-0.2, 0) is 6.54 Å². The van der Waals surface area contributed by atoms with E-state index in [4.69, 9.17) is 34.7 Å². The summed E-state index contributed by atoms with van der Waals surface area (Å²) >= 11 is 12.5. The third-order valence-corrected chi connectivity index (χ3v) is 6.32. The van der Waals surface area contributed by atoms with Gasteiger partial charge in [-0.15, -0.1) is 0 Å². The van der Waals surface area contributed by atoms with Crippen LogP contribution < -0.4 is 32.8 Å². The number of hydrogen-bond acceptors (Lipinski definition) is 8. The number of nitrogens with zero attached hydrogens (tertiary/aromatic N) is 2. The number of rotatable bonds is 5. The highest BCUT2D eigenvalue weighted by Crippen LogP contribution is 2.25. The van der Waals surface area contributed by atoms with Crippen LogP contribution in [0, 0.1) is 5.92 Å². The van der Waals surface area contributed by atoms with Crippen LogP contribution in [0.4, 0.5) is 0 Å². The van der Waals surface area contributed by atoms with E-state index in [0.29, 0.717) is 39.9 Å². The number of hydrazone groups is 1.